The number of aromatic nitrogens is 3. The van der Waals surface area contributed by atoms with E-state index in [2.05, 4.69) is 68.3 Å². The minimum absolute atomic E-state index is 0.454. The summed E-state index contributed by atoms with van der Waals surface area (Å²) in [5.41, 5.74) is 5.37. The second-order valence-electron chi connectivity index (χ2n) is 10.5. The van der Waals surface area contributed by atoms with Crippen LogP contribution in [0.2, 0.25) is 0 Å². The number of carbonyl (C=O) groups is 2. The van der Waals surface area contributed by atoms with Crippen LogP contribution in [0.4, 0.5) is 0 Å². The molecular formula is C35H35N5O4S. The van der Waals surface area contributed by atoms with Crippen LogP contribution in [0.1, 0.15) is 69.7 Å². The van der Waals surface area contributed by atoms with Crippen molar-refractivity contribution in [2.45, 2.75) is 62.7 Å². The number of hydrogen-bond donors (Lipinski definition) is 1. The van der Waals surface area contributed by atoms with Gasteiger partial charge in [0.2, 0.25) is 0 Å². The average molecular weight is 622 g/mol. The summed E-state index contributed by atoms with van der Waals surface area (Å²) in [5.74, 6) is -0.968. The number of aromatic amines is 1. The molecule has 0 saturated heterocycles. The molecule has 230 valence electrons. The molecule has 10 heteroatoms. The lowest BCUT2D eigenvalue weighted by Crippen LogP contribution is -2.07. The van der Waals surface area contributed by atoms with Crippen LogP contribution in [-0.2, 0) is 19.3 Å². The standard InChI is InChI=1S/C35H35N5O4S/c1-4-5-6-10-13-32(38-43-24(2)41)31-22-40(34-19-18-29(20-30(31)34)45-28-11-8-7-9-12-28)27-16-14-26(15-17-27)35(39-44-25(3)42)33-21-36-23-37-33/h7-9,11-12,14-23H,4-6,10,13H2,1-3H3,(H,36,37)/b38-32+,39-35-. The van der Waals surface area contributed by atoms with Crippen molar-refractivity contribution in [3.63, 3.8) is 0 Å². The summed E-state index contributed by atoms with van der Waals surface area (Å²) in [7, 11) is 0. The van der Waals surface area contributed by atoms with E-state index in [0.717, 1.165) is 68.9 Å². The molecule has 0 fully saturated rings. The first-order chi connectivity index (χ1) is 21.9. The Balaban J connectivity index is 1.58. The van der Waals surface area contributed by atoms with Gasteiger partial charge in [0, 0.05) is 52.0 Å². The molecule has 1 N–H and O–H groups in total. The van der Waals surface area contributed by atoms with Gasteiger partial charge < -0.3 is 19.2 Å². The molecule has 0 radical (unpaired) electrons. The monoisotopic (exact) mass is 621 g/mol. The van der Waals surface area contributed by atoms with Crippen molar-refractivity contribution in [1.82, 2.24) is 14.5 Å². The topological polar surface area (TPSA) is 111 Å². The quantitative estimate of drug-likeness (QED) is 0.0616. The zero-order valence-corrected chi connectivity index (χ0v) is 26.3. The summed E-state index contributed by atoms with van der Waals surface area (Å²) < 4.78 is 2.11. The lowest BCUT2D eigenvalue weighted by molar-refractivity contribution is -0.141. The van der Waals surface area contributed by atoms with Crippen molar-refractivity contribution >= 4 is 46.0 Å². The Morgan fingerprint density at radius 2 is 1.64 bits per heavy atom. The van der Waals surface area contributed by atoms with Gasteiger partial charge in [-0.25, -0.2) is 14.6 Å². The Labute approximate surface area is 266 Å². The summed E-state index contributed by atoms with van der Waals surface area (Å²) in [4.78, 5) is 42.8. The van der Waals surface area contributed by atoms with E-state index in [9.17, 15) is 9.59 Å². The maximum Gasteiger partial charge on any atom is 0.332 e. The largest absolute Gasteiger partial charge is 0.343 e. The number of imidazole rings is 1. The highest BCUT2D eigenvalue weighted by Gasteiger charge is 2.18. The van der Waals surface area contributed by atoms with Crippen molar-refractivity contribution in [3.8, 4) is 5.69 Å². The molecule has 0 bridgehead atoms. The van der Waals surface area contributed by atoms with Gasteiger partial charge in [-0.05, 0) is 55.3 Å². The summed E-state index contributed by atoms with van der Waals surface area (Å²) in [6.07, 6.45) is 10.2. The first-order valence-electron chi connectivity index (χ1n) is 14.9. The van der Waals surface area contributed by atoms with Crippen molar-refractivity contribution in [2.75, 3.05) is 0 Å². The van der Waals surface area contributed by atoms with E-state index >= 15 is 0 Å². The number of hydrogen-bond acceptors (Lipinski definition) is 8. The molecule has 0 aliphatic heterocycles. The number of oxime groups is 2. The molecule has 0 spiro atoms. The predicted molar refractivity (Wildman–Crippen MR) is 177 cm³/mol. The van der Waals surface area contributed by atoms with E-state index in [1.165, 1.54) is 13.8 Å². The fourth-order valence-electron chi connectivity index (χ4n) is 4.94. The Bertz CT molecular complexity index is 1810. The first-order valence-corrected chi connectivity index (χ1v) is 15.7. The number of unbranched alkanes of at least 4 members (excludes halogenated alkanes) is 3. The molecule has 0 aliphatic carbocycles. The lowest BCUT2D eigenvalue weighted by Gasteiger charge is -2.09. The van der Waals surface area contributed by atoms with E-state index in [1.54, 1.807) is 24.3 Å². The third kappa shape index (κ3) is 8.16. The SMILES string of the molecule is CCCCCC/C(=N\OC(C)=O)c1cn(-c2ccc(/C(=N/OC(C)=O)c3cnc[nH]3)cc2)c2ccc(Sc3ccccc3)cc12. The van der Waals surface area contributed by atoms with Crippen molar-refractivity contribution in [1.29, 1.82) is 0 Å². The third-order valence-corrected chi connectivity index (χ3v) is 8.05. The summed E-state index contributed by atoms with van der Waals surface area (Å²) in [5, 5.41) is 9.42. The Hall–Kier alpha value is -4.96. The average Bonchev–Trinajstić information content (AvgIpc) is 3.70. The fraction of sp³-hybridized carbons (Fsp3) is 0.229. The van der Waals surface area contributed by atoms with Crippen LogP contribution < -0.4 is 0 Å². The van der Waals surface area contributed by atoms with Crippen molar-refractivity contribution in [2.24, 2.45) is 10.3 Å². The summed E-state index contributed by atoms with van der Waals surface area (Å²) in [6.45, 7) is 4.84. The third-order valence-electron chi connectivity index (χ3n) is 7.06. The molecular weight excluding hydrogens is 586 g/mol. The van der Waals surface area contributed by atoms with E-state index in [0.29, 0.717) is 17.8 Å². The van der Waals surface area contributed by atoms with Gasteiger partial charge in [0.25, 0.3) is 0 Å². The molecule has 0 amide bonds. The number of nitrogens with one attached hydrogen (secondary N) is 1. The van der Waals surface area contributed by atoms with Crippen LogP contribution in [0.25, 0.3) is 16.6 Å². The smallest absolute Gasteiger partial charge is 0.332 e. The van der Waals surface area contributed by atoms with Gasteiger partial charge in [-0.2, -0.15) is 0 Å². The van der Waals surface area contributed by atoms with E-state index in [1.807, 2.05) is 42.5 Å². The van der Waals surface area contributed by atoms with Crippen LogP contribution in [0.3, 0.4) is 0 Å². The van der Waals surface area contributed by atoms with Crippen LogP contribution in [0.15, 0.2) is 112 Å². The molecule has 0 saturated carbocycles. The molecule has 3 aromatic carbocycles. The molecule has 0 atom stereocenters. The highest BCUT2D eigenvalue weighted by Crippen LogP contribution is 2.34. The number of carbonyl (C=O) groups excluding carboxylic acids is 2. The molecule has 5 aromatic rings. The molecule has 9 nitrogen and oxygen atoms in total. The van der Waals surface area contributed by atoms with Crippen LogP contribution in [-0.4, -0.2) is 37.9 Å². The molecule has 2 heterocycles. The minimum atomic E-state index is -0.513. The molecule has 0 aliphatic rings. The Morgan fingerprint density at radius 1 is 0.889 bits per heavy atom. The number of rotatable bonds is 13. The van der Waals surface area contributed by atoms with Gasteiger partial charge in [-0.15, -0.1) is 0 Å². The highest BCUT2D eigenvalue weighted by atomic mass is 32.2. The van der Waals surface area contributed by atoms with Gasteiger partial charge >= 0.3 is 11.9 Å². The van der Waals surface area contributed by atoms with Crippen LogP contribution in [0.5, 0.6) is 0 Å². The maximum atomic E-state index is 11.8. The second kappa shape index (κ2) is 15.2. The first kappa shape index (κ1) is 31.5. The van der Waals surface area contributed by atoms with Crippen molar-refractivity contribution in [3.05, 3.63) is 108 Å². The summed E-state index contributed by atoms with van der Waals surface area (Å²) >= 11 is 1.69. The van der Waals surface area contributed by atoms with Crippen LogP contribution >= 0.6 is 11.8 Å². The number of benzene rings is 3. The molecule has 0 unspecified atom stereocenters. The number of nitrogens with zero attached hydrogens (tertiary/aromatic N) is 4. The minimum Gasteiger partial charge on any atom is -0.343 e. The molecule has 45 heavy (non-hydrogen) atoms. The normalized spacial score (nSPS) is 12.0. The predicted octanol–water partition coefficient (Wildman–Crippen LogP) is 8.06. The Kier molecular flexibility index (Phi) is 10.6. The zero-order valence-electron chi connectivity index (χ0n) is 25.5. The van der Waals surface area contributed by atoms with Gasteiger partial charge in [-0.1, -0.05) is 78.6 Å². The fourth-order valence-corrected chi connectivity index (χ4v) is 5.82. The van der Waals surface area contributed by atoms with E-state index < -0.39 is 11.9 Å². The highest BCUT2D eigenvalue weighted by molar-refractivity contribution is 7.99. The van der Waals surface area contributed by atoms with Gasteiger partial charge in [0.15, 0.2) is 0 Å². The molecule has 5 rings (SSSR count). The maximum absolute atomic E-state index is 11.8. The van der Waals surface area contributed by atoms with Crippen molar-refractivity contribution < 1.29 is 19.3 Å². The van der Waals surface area contributed by atoms with Gasteiger partial charge in [0.05, 0.1) is 29.4 Å². The van der Waals surface area contributed by atoms with Gasteiger partial charge in [0.1, 0.15) is 5.71 Å². The van der Waals surface area contributed by atoms with Gasteiger partial charge in [-0.3, -0.25) is 0 Å². The summed E-state index contributed by atoms with van der Waals surface area (Å²) in [6, 6.07) is 24.4. The lowest BCUT2D eigenvalue weighted by atomic mass is 10.0. The van der Waals surface area contributed by atoms with Crippen LogP contribution in [0, 0.1) is 0 Å². The Morgan fingerprint density at radius 3 is 2.33 bits per heavy atom. The number of fused-ring (bicyclic) bond motifs is 1. The molecule has 2 aromatic heterocycles. The number of H-pyrrole nitrogens is 1. The zero-order chi connectivity index (χ0) is 31.6. The second-order valence-corrected chi connectivity index (χ2v) is 11.6. The van der Waals surface area contributed by atoms with E-state index in [4.69, 9.17) is 9.68 Å². The van der Waals surface area contributed by atoms with E-state index in [-0.39, 0.29) is 0 Å².